The molecular weight excluding hydrogens is 307 g/mol. The van der Waals surface area contributed by atoms with E-state index in [4.69, 9.17) is 4.74 Å². The molecule has 2 aromatic rings. The van der Waals surface area contributed by atoms with Gasteiger partial charge in [-0.15, -0.1) is 0 Å². The van der Waals surface area contributed by atoms with Crippen LogP contribution in [0.1, 0.15) is 22.3 Å². The lowest BCUT2D eigenvalue weighted by Gasteiger charge is -2.13. The lowest BCUT2D eigenvalue weighted by atomic mass is 10.1. The number of aryl methyl sites for hydroxylation is 3. The van der Waals surface area contributed by atoms with Crippen molar-refractivity contribution in [3.63, 3.8) is 0 Å². The highest BCUT2D eigenvalue weighted by Crippen LogP contribution is 2.24. The molecule has 24 heavy (non-hydrogen) atoms. The number of benzene rings is 2. The lowest BCUT2D eigenvalue weighted by Crippen LogP contribution is -2.37. The van der Waals surface area contributed by atoms with Crippen LogP contribution in [0.25, 0.3) is 0 Å². The number of carbonyl (C=O) groups is 1. The minimum Gasteiger partial charge on any atom is -0.491 e. The summed E-state index contributed by atoms with van der Waals surface area (Å²) in [6.07, 6.45) is 0. The first kappa shape index (κ1) is 17.8. The topological polar surface area (TPSA) is 50.4 Å². The van der Waals surface area contributed by atoms with Gasteiger partial charge in [0.15, 0.2) is 0 Å². The zero-order chi connectivity index (χ0) is 17.5. The van der Waals surface area contributed by atoms with E-state index in [1.807, 2.05) is 13.8 Å². The summed E-state index contributed by atoms with van der Waals surface area (Å²) in [5, 5.41) is 5.45. The molecule has 2 amide bonds. The summed E-state index contributed by atoms with van der Waals surface area (Å²) in [6, 6.07) is 9.89. The maximum absolute atomic E-state index is 12.8. The van der Waals surface area contributed by atoms with E-state index in [0.29, 0.717) is 19.7 Å². The molecule has 128 valence electrons. The molecule has 0 heterocycles. The molecule has 2 rings (SSSR count). The van der Waals surface area contributed by atoms with Gasteiger partial charge in [0, 0.05) is 6.54 Å². The van der Waals surface area contributed by atoms with Crippen LogP contribution in [-0.2, 0) is 6.54 Å². The van der Waals surface area contributed by atoms with E-state index >= 15 is 0 Å². The standard InChI is InChI=1S/C19H23FN2O2/c1-13-10-14(2)18(15(3)11-13)24-9-8-21-19(23)22-12-16-4-6-17(20)7-5-16/h4-7,10-11H,8-9,12H2,1-3H3,(H2,21,22,23). The van der Waals surface area contributed by atoms with Crippen molar-refractivity contribution in [1.29, 1.82) is 0 Å². The summed E-state index contributed by atoms with van der Waals surface area (Å²) in [7, 11) is 0. The van der Waals surface area contributed by atoms with E-state index < -0.39 is 0 Å². The zero-order valence-electron chi connectivity index (χ0n) is 14.3. The summed E-state index contributed by atoms with van der Waals surface area (Å²) in [4.78, 5) is 11.7. The van der Waals surface area contributed by atoms with Crippen LogP contribution < -0.4 is 15.4 Å². The Hall–Kier alpha value is -2.56. The average molecular weight is 330 g/mol. The summed E-state index contributed by atoms with van der Waals surface area (Å²) in [5.74, 6) is 0.580. The fraction of sp³-hybridized carbons (Fsp3) is 0.316. The van der Waals surface area contributed by atoms with E-state index in [1.165, 1.54) is 17.7 Å². The van der Waals surface area contributed by atoms with Crippen molar-refractivity contribution in [1.82, 2.24) is 10.6 Å². The summed E-state index contributed by atoms with van der Waals surface area (Å²) in [6.45, 7) is 7.23. The van der Waals surface area contributed by atoms with Gasteiger partial charge >= 0.3 is 6.03 Å². The van der Waals surface area contributed by atoms with Gasteiger partial charge in [0.2, 0.25) is 0 Å². The molecule has 0 aliphatic rings. The number of rotatable bonds is 6. The fourth-order valence-electron chi connectivity index (χ4n) is 2.56. The Morgan fingerprint density at radius 2 is 1.67 bits per heavy atom. The van der Waals surface area contributed by atoms with Crippen LogP contribution in [0.4, 0.5) is 9.18 Å². The highest BCUT2D eigenvalue weighted by Gasteiger charge is 2.05. The second-order valence-corrected chi connectivity index (χ2v) is 5.81. The minimum atomic E-state index is -0.290. The van der Waals surface area contributed by atoms with Crippen LogP contribution in [0.15, 0.2) is 36.4 Å². The Morgan fingerprint density at radius 3 is 2.29 bits per heavy atom. The number of urea groups is 1. The maximum Gasteiger partial charge on any atom is 0.315 e. The highest BCUT2D eigenvalue weighted by molar-refractivity contribution is 5.73. The molecule has 2 N–H and O–H groups in total. The van der Waals surface area contributed by atoms with E-state index in [1.54, 1.807) is 12.1 Å². The van der Waals surface area contributed by atoms with Gasteiger partial charge in [-0.1, -0.05) is 29.8 Å². The van der Waals surface area contributed by atoms with Gasteiger partial charge in [-0.3, -0.25) is 0 Å². The van der Waals surface area contributed by atoms with Gasteiger partial charge in [-0.25, -0.2) is 9.18 Å². The predicted molar refractivity (Wildman–Crippen MR) is 92.8 cm³/mol. The van der Waals surface area contributed by atoms with Crippen molar-refractivity contribution in [2.24, 2.45) is 0 Å². The average Bonchev–Trinajstić information content (AvgIpc) is 2.52. The highest BCUT2D eigenvalue weighted by atomic mass is 19.1. The second kappa shape index (κ2) is 8.34. The Kier molecular flexibility index (Phi) is 6.18. The number of halogens is 1. The van der Waals surface area contributed by atoms with E-state index in [0.717, 1.165) is 22.4 Å². The first-order chi connectivity index (χ1) is 11.5. The number of hydrogen-bond donors (Lipinski definition) is 2. The van der Waals surface area contributed by atoms with Gasteiger partial charge in [-0.2, -0.15) is 0 Å². The van der Waals surface area contributed by atoms with E-state index in [2.05, 4.69) is 29.7 Å². The van der Waals surface area contributed by atoms with Gasteiger partial charge in [-0.05, 0) is 49.6 Å². The second-order valence-electron chi connectivity index (χ2n) is 5.81. The molecule has 0 aliphatic heterocycles. The van der Waals surface area contributed by atoms with Crippen molar-refractivity contribution >= 4 is 6.03 Å². The molecule has 0 aliphatic carbocycles. The Labute approximate surface area is 142 Å². The summed E-state index contributed by atoms with van der Waals surface area (Å²) in [5.41, 5.74) is 4.23. The van der Waals surface area contributed by atoms with Gasteiger partial charge in [0.1, 0.15) is 18.2 Å². The minimum absolute atomic E-state index is 0.278. The van der Waals surface area contributed by atoms with E-state index in [-0.39, 0.29) is 11.8 Å². The van der Waals surface area contributed by atoms with Gasteiger partial charge in [0.05, 0.1) is 6.54 Å². The first-order valence-corrected chi connectivity index (χ1v) is 7.92. The number of carbonyl (C=O) groups excluding carboxylic acids is 1. The van der Waals surface area contributed by atoms with Crippen molar-refractivity contribution in [2.75, 3.05) is 13.2 Å². The molecule has 0 spiro atoms. The first-order valence-electron chi connectivity index (χ1n) is 7.92. The summed E-state index contributed by atoms with van der Waals surface area (Å²) < 4.78 is 18.6. The van der Waals surface area contributed by atoms with Crippen LogP contribution in [0, 0.1) is 26.6 Å². The van der Waals surface area contributed by atoms with Crippen molar-refractivity contribution in [2.45, 2.75) is 27.3 Å². The molecule has 0 aromatic heterocycles. The Bertz CT molecular complexity index is 676. The lowest BCUT2D eigenvalue weighted by molar-refractivity contribution is 0.236. The Balaban J connectivity index is 1.70. The molecule has 0 atom stereocenters. The van der Waals surface area contributed by atoms with Gasteiger partial charge in [0.25, 0.3) is 0 Å². The Morgan fingerprint density at radius 1 is 1.04 bits per heavy atom. The molecule has 5 heteroatoms. The third kappa shape index (κ3) is 5.26. The SMILES string of the molecule is Cc1cc(C)c(OCCNC(=O)NCc2ccc(F)cc2)c(C)c1. The number of ether oxygens (including phenoxy) is 1. The van der Waals surface area contributed by atoms with Crippen LogP contribution >= 0.6 is 0 Å². The van der Waals surface area contributed by atoms with Crippen molar-refractivity contribution in [3.05, 3.63) is 64.5 Å². The molecule has 0 saturated carbocycles. The smallest absolute Gasteiger partial charge is 0.315 e. The van der Waals surface area contributed by atoms with E-state index in [9.17, 15) is 9.18 Å². The molecule has 0 saturated heterocycles. The molecule has 0 bridgehead atoms. The normalized spacial score (nSPS) is 10.3. The fourth-order valence-corrected chi connectivity index (χ4v) is 2.56. The maximum atomic E-state index is 12.8. The van der Waals surface area contributed by atoms with Crippen LogP contribution in [-0.4, -0.2) is 19.2 Å². The van der Waals surface area contributed by atoms with Crippen molar-refractivity contribution in [3.8, 4) is 5.75 Å². The van der Waals surface area contributed by atoms with Crippen LogP contribution in [0.3, 0.4) is 0 Å². The molecule has 2 aromatic carbocycles. The predicted octanol–water partition coefficient (Wildman–Crippen LogP) is 3.63. The van der Waals surface area contributed by atoms with Gasteiger partial charge < -0.3 is 15.4 Å². The molecule has 0 radical (unpaired) electrons. The molecule has 4 nitrogen and oxygen atoms in total. The zero-order valence-corrected chi connectivity index (χ0v) is 14.3. The molecular formula is C19H23FN2O2. The summed E-state index contributed by atoms with van der Waals surface area (Å²) >= 11 is 0. The quantitative estimate of drug-likeness (QED) is 0.795. The number of hydrogen-bond acceptors (Lipinski definition) is 2. The monoisotopic (exact) mass is 330 g/mol. The number of amides is 2. The van der Waals surface area contributed by atoms with Crippen molar-refractivity contribution < 1.29 is 13.9 Å². The molecule has 0 unspecified atom stereocenters. The van der Waals surface area contributed by atoms with Crippen LogP contribution in [0.5, 0.6) is 5.75 Å². The number of nitrogens with one attached hydrogen (secondary N) is 2. The third-order valence-corrected chi connectivity index (χ3v) is 3.61. The largest absolute Gasteiger partial charge is 0.491 e. The molecule has 0 fully saturated rings. The van der Waals surface area contributed by atoms with Crippen LogP contribution in [0.2, 0.25) is 0 Å². The third-order valence-electron chi connectivity index (χ3n) is 3.61.